The lowest BCUT2D eigenvalue weighted by atomic mass is 9.99. The molecule has 5 nitrogen and oxygen atoms in total. The van der Waals surface area contributed by atoms with Crippen molar-refractivity contribution in [1.29, 1.82) is 0 Å². The van der Waals surface area contributed by atoms with Crippen LogP contribution in [0.2, 0.25) is 0 Å². The second-order valence-corrected chi connectivity index (χ2v) is 19.9. The van der Waals surface area contributed by atoms with E-state index < -0.39 is 18.2 Å². The van der Waals surface area contributed by atoms with Crippen LogP contribution in [-0.4, -0.2) is 46.1 Å². The number of hydrogen-bond donors (Lipinski definition) is 4. The summed E-state index contributed by atoms with van der Waals surface area (Å²) in [4.78, 5) is 12.5. The number of hydrogen-bond acceptors (Lipinski definition) is 4. The van der Waals surface area contributed by atoms with E-state index in [9.17, 15) is 20.1 Å². The molecule has 3 unspecified atom stereocenters. The molecule has 3 atom stereocenters. The molecule has 0 aromatic heterocycles. The van der Waals surface area contributed by atoms with E-state index in [0.717, 1.165) is 32.1 Å². The standard InChI is InChI=1S/C57H113NO4/c1-3-5-7-9-11-13-15-17-19-21-23-24-25-26-27-28-29-30-31-32-34-36-38-40-42-44-46-48-50-52-56(61)58-54(53-59)57(62)55(60)51-49-47-45-43-41-39-37-35-33-22-20-18-16-14-12-10-8-6-4-2/h26-27,54-55,57,59-60,62H,3-25,28-53H2,1-2H3,(H,58,61)/b27-26-. The second kappa shape index (κ2) is 52.7. The topological polar surface area (TPSA) is 89.8 Å². The molecule has 0 heterocycles. The number of carbonyl (C=O) groups is 1. The highest BCUT2D eigenvalue weighted by Gasteiger charge is 2.26. The molecule has 1 amide bonds. The van der Waals surface area contributed by atoms with E-state index >= 15 is 0 Å². The molecule has 62 heavy (non-hydrogen) atoms. The predicted molar refractivity (Wildman–Crippen MR) is 273 cm³/mol. The summed E-state index contributed by atoms with van der Waals surface area (Å²) in [7, 11) is 0. The maximum absolute atomic E-state index is 12.5. The van der Waals surface area contributed by atoms with Crippen molar-refractivity contribution in [2.24, 2.45) is 0 Å². The normalized spacial score (nSPS) is 13.3. The molecule has 0 spiro atoms. The molecular formula is C57H113NO4. The van der Waals surface area contributed by atoms with Gasteiger partial charge in [0.15, 0.2) is 0 Å². The fourth-order valence-electron chi connectivity index (χ4n) is 9.22. The van der Waals surface area contributed by atoms with E-state index in [1.807, 2.05) is 0 Å². The van der Waals surface area contributed by atoms with Gasteiger partial charge in [-0.1, -0.05) is 289 Å². The van der Waals surface area contributed by atoms with Crippen LogP contribution >= 0.6 is 0 Å². The molecule has 0 radical (unpaired) electrons. The van der Waals surface area contributed by atoms with Crippen molar-refractivity contribution in [2.75, 3.05) is 6.61 Å². The number of amides is 1. The van der Waals surface area contributed by atoms with Crippen LogP contribution in [0.3, 0.4) is 0 Å². The Bertz CT molecular complexity index is 879. The first-order valence-corrected chi connectivity index (χ1v) is 28.5. The minimum absolute atomic E-state index is 0.139. The molecule has 0 aromatic carbocycles. The molecule has 0 aliphatic rings. The van der Waals surface area contributed by atoms with Crippen molar-refractivity contribution in [3.8, 4) is 0 Å². The first-order chi connectivity index (χ1) is 30.6. The summed E-state index contributed by atoms with van der Waals surface area (Å²) in [6, 6.07) is -0.807. The zero-order chi connectivity index (χ0) is 45.1. The Kier molecular flexibility index (Phi) is 51.9. The highest BCUT2D eigenvalue weighted by molar-refractivity contribution is 5.76. The van der Waals surface area contributed by atoms with Crippen LogP contribution in [0.4, 0.5) is 0 Å². The monoisotopic (exact) mass is 876 g/mol. The average Bonchev–Trinajstić information content (AvgIpc) is 3.28. The van der Waals surface area contributed by atoms with Crippen molar-refractivity contribution in [1.82, 2.24) is 5.32 Å². The summed E-state index contributed by atoms with van der Waals surface area (Å²) < 4.78 is 0. The summed E-state index contributed by atoms with van der Waals surface area (Å²) in [5.74, 6) is -0.139. The largest absolute Gasteiger partial charge is 0.394 e. The quantitative estimate of drug-likeness (QED) is 0.0362. The van der Waals surface area contributed by atoms with E-state index in [4.69, 9.17) is 0 Å². The molecule has 370 valence electrons. The lowest BCUT2D eigenvalue weighted by Gasteiger charge is -2.26. The number of carbonyl (C=O) groups excluding carboxylic acids is 1. The molecule has 0 aliphatic heterocycles. The predicted octanol–water partition coefficient (Wildman–Crippen LogP) is 17.5. The minimum atomic E-state index is -1.13. The Morgan fingerprint density at radius 2 is 0.645 bits per heavy atom. The Hall–Kier alpha value is -0.910. The maximum Gasteiger partial charge on any atom is 0.220 e. The van der Waals surface area contributed by atoms with Gasteiger partial charge in [-0.25, -0.2) is 0 Å². The van der Waals surface area contributed by atoms with Gasteiger partial charge in [-0.3, -0.25) is 4.79 Å². The third-order valence-corrected chi connectivity index (χ3v) is 13.6. The highest BCUT2D eigenvalue weighted by atomic mass is 16.3. The molecular weight excluding hydrogens is 763 g/mol. The molecule has 5 heteroatoms. The van der Waals surface area contributed by atoms with Crippen LogP contribution in [0.15, 0.2) is 12.2 Å². The van der Waals surface area contributed by atoms with Gasteiger partial charge in [-0.05, 0) is 38.5 Å². The van der Waals surface area contributed by atoms with E-state index in [1.54, 1.807) is 0 Å². The zero-order valence-electron chi connectivity index (χ0n) is 42.3. The van der Waals surface area contributed by atoms with Gasteiger partial charge in [0.25, 0.3) is 0 Å². The van der Waals surface area contributed by atoms with Gasteiger partial charge in [-0.2, -0.15) is 0 Å². The van der Waals surface area contributed by atoms with Crippen LogP contribution < -0.4 is 5.32 Å². The van der Waals surface area contributed by atoms with Gasteiger partial charge < -0.3 is 20.6 Å². The van der Waals surface area contributed by atoms with Gasteiger partial charge in [0, 0.05) is 6.42 Å². The third-order valence-electron chi connectivity index (χ3n) is 13.6. The molecule has 0 aliphatic carbocycles. The molecule has 0 saturated heterocycles. The molecule has 0 saturated carbocycles. The van der Waals surface area contributed by atoms with E-state index in [2.05, 4.69) is 31.3 Å². The number of nitrogens with one attached hydrogen (secondary N) is 1. The van der Waals surface area contributed by atoms with E-state index in [-0.39, 0.29) is 12.5 Å². The first-order valence-electron chi connectivity index (χ1n) is 28.5. The summed E-state index contributed by atoms with van der Waals surface area (Å²) in [6.07, 6.45) is 65.1. The number of allylic oxidation sites excluding steroid dienone is 2. The number of rotatable bonds is 53. The molecule has 0 bridgehead atoms. The molecule has 4 N–H and O–H groups in total. The summed E-state index contributed by atoms with van der Waals surface area (Å²) >= 11 is 0. The fraction of sp³-hybridized carbons (Fsp3) is 0.947. The summed E-state index contributed by atoms with van der Waals surface area (Å²) in [6.45, 7) is 4.22. The zero-order valence-corrected chi connectivity index (χ0v) is 42.3. The van der Waals surface area contributed by atoms with Crippen molar-refractivity contribution < 1.29 is 20.1 Å². The van der Waals surface area contributed by atoms with Gasteiger partial charge >= 0.3 is 0 Å². The van der Waals surface area contributed by atoms with Crippen molar-refractivity contribution in [3.05, 3.63) is 12.2 Å². The minimum Gasteiger partial charge on any atom is -0.394 e. The van der Waals surface area contributed by atoms with Gasteiger partial charge in [0.05, 0.1) is 18.8 Å². The van der Waals surface area contributed by atoms with Gasteiger partial charge in [0.1, 0.15) is 6.10 Å². The van der Waals surface area contributed by atoms with Crippen LogP contribution in [0.25, 0.3) is 0 Å². The van der Waals surface area contributed by atoms with Crippen LogP contribution in [0.1, 0.15) is 322 Å². The Morgan fingerprint density at radius 1 is 0.387 bits per heavy atom. The lowest BCUT2D eigenvalue weighted by molar-refractivity contribution is -0.124. The van der Waals surface area contributed by atoms with Crippen LogP contribution in [0.5, 0.6) is 0 Å². The smallest absolute Gasteiger partial charge is 0.220 e. The fourth-order valence-corrected chi connectivity index (χ4v) is 9.22. The highest BCUT2D eigenvalue weighted by Crippen LogP contribution is 2.18. The molecule has 0 fully saturated rings. The second-order valence-electron chi connectivity index (χ2n) is 19.9. The van der Waals surface area contributed by atoms with Gasteiger partial charge in [0.2, 0.25) is 5.91 Å². The van der Waals surface area contributed by atoms with Crippen LogP contribution in [0, 0.1) is 0 Å². The SMILES string of the molecule is CCCCCCCCCCCCCC/C=C\CCCCCCCCCCCCCCCC(=O)NC(CO)C(O)C(O)CCCCCCCCCCCCCCCCCCCCC. The first kappa shape index (κ1) is 61.1. The Balaban J connectivity index is 3.50. The van der Waals surface area contributed by atoms with Gasteiger partial charge in [-0.15, -0.1) is 0 Å². The number of unbranched alkanes of at least 4 members (excludes halogenated alkanes) is 43. The lowest BCUT2D eigenvalue weighted by Crippen LogP contribution is -2.50. The Labute approximate surface area is 389 Å². The van der Waals surface area contributed by atoms with E-state index in [0.29, 0.717) is 12.8 Å². The number of aliphatic hydroxyl groups excluding tert-OH is 3. The third kappa shape index (κ3) is 47.1. The van der Waals surface area contributed by atoms with E-state index in [1.165, 1.54) is 263 Å². The van der Waals surface area contributed by atoms with Crippen molar-refractivity contribution >= 4 is 5.91 Å². The van der Waals surface area contributed by atoms with Crippen LogP contribution in [-0.2, 0) is 4.79 Å². The number of aliphatic hydroxyl groups is 3. The molecule has 0 aromatic rings. The Morgan fingerprint density at radius 3 is 0.935 bits per heavy atom. The maximum atomic E-state index is 12.5. The molecule has 0 rings (SSSR count). The summed E-state index contributed by atoms with van der Waals surface area (Å²) in [5.41, 5.74) is 0. The average molecular weight is 877 g/mol. The summed E-state index contributed by atoms with van der Waals surface area (Å²) in [5, 5.41) is 33.8. The van der Waals surface area contributed by atoms with Crippen molar-refractivity contribution in [3.63, 3.8) is 0 Å². The van der Waals surface area contributed by atoms with Crippen molar-refractivity contribution in [2.45, 2.75) is 340 Å².